The smallest absolute Gasteiger partial charge is 0.242 e. The van der Waals surface area contributed by atoms with Crippen molar-refractivity contribution in [3.8, 4) is 6.07 Å². The van der Waals surface area contributed by atoms with Crippen LogP contribution < -0.4 is 4.72 Å². The van der Waals surface area contributed by atoms with Crippen molar-refractivity contribution >= 4 is 27.4 Å². The van der Waals surface area contributed by atoms with Crippen LogP contribution in [0.5, 0.6) is 0 Å². The summed E-state index contributed by atoms with van der Waals surface area (Å²) < 4.78 is 26.2. The maximum Gasteiger partial charge on any atom is 0.242 e. The Kier molecular flexibility index (Phi) is 5.06. The average Bonchev–Trinajstić information content (AvgIpc) is 2.36. The number of carbonyl (C=O) groups excluding carboxylic acids is 1. The lowest BCUT2D eigenvalue weighted by molar-refractivity contribution is -0.120. The minimum atomic E-state index is -3.91. The molecule has 0 aliphatic rings. The van der Waals surface area contributed by atoms with Gasteiger partial charge in [-0.25, -0.2) is 13.1 Å². The van der Waals surface area contributed by atoms with Crippen molar-refractivity contribution in [2.24, 2.45) is 5.92 Å². The van der Waals surface area contributed by atoms with Crippen LogP contribution in [0.4, 0.5) is 0 Å². The van der Waals surface area contributed by atoms with Gasteiger partial charge in [-0.15, -0.1) is 0 Å². The number of rotatable bonds is 5. The zero-order valence-electron chi connectivity index (χ0n) is 10.5. The Morgan fingerprint density at radius 3 is 2.63 bits per heavy atom. The molecule has 0 aliphatic heterocycles. The van der Waals surface area contributed by atoms with Gasteiger partial charge in [-0.3, -0.25) is 4.79 Å². The molecule has 0 heterocycles. The molecule has 102 valence electrons. The van der Waals surface area contributed by atoms with Gasteiger partial charge in [0.25, 0.3) is 0 Å². The van der Waals surface area contributed by atoms with E-state index < -0.39 is 10.0 Å². The predicted molar refractivity (Wildman–Crippen MR) is 71.2 cm³/mol. The molecule has 1 N–H and O–H groups in total. The summed E-state index contributed by atoms with van der Waals surface area (Å²) in [7, 11) is -3.91. The number of hydrogen-bond acceptors (Lipinski definition) is 4. The Morgan fingerprint density at radius 1 is 1.47 bits per heavy atom. The van der Waals surface area contributed by atoms with E-state index in [0.29, 0.717) is 0 Å². The van der Waals surface area contributed by atoms with Crippen LogP contribution in [-0.2, 0) is 14.8 Å². The Bertz CT molecular complexity index is 633. The minimum absolute atomic E-state index is 0.00324. The fourth-order valence-electron chi connectivity index (χ4n) is 1.23. The maximum absolute atomic E-state index is 12.0. The molecule has 0 amide bonds. The highest BCUT2D eigenvalue weighted by atomic mass is 35.5. The van der Waals surface area contributed by atoms with Gasteiger partial charge in [0, 0.05) is 5.92 Å². The number of carbonyl (C=O) groups is 1. The van der Waals surface area contributed by atoms with Gasteiger partial charge in [-0.1, -0.05) is 25.4 Å². The topological polar surface area (TPSA) is 87.0 Å². The second kappa shape index (κ2) is 6.15. The van der Waals surface area contributed by atoms with Crippen LogP contribution >= 0.6 is 11.6 Å². The number of halogens is 1. The summed E-state index contributed by atoms with van der Waals surface area (Å²) in [5.74, 6) is -0.486. The largest absolute Gasteiger partial charge is 0.298 e. The second-order valence-corrected chi connectivity index (χ2v) is 6.35. The normalized spacial score (nSPS) is 11.3. The molecule has 0 radical (unpaired) electrons. The highest BCUT2D eigenvalue weighted by Crippen LogP contribution is 2.22. The highest BCUT2D eigenvalue weighted by molar-refractivity contribution is 7.89. The summed E-state index contributed by atoms with van der Waals surface area (Å²) in [6.07, 6.45) is 0. The van der Waals surface area contributed by atoms with Crippen LogP contribution in [0.15, 0.2) is 23.1 Å². The Balaban J connectivity index is 3.01. The van der Waals surface area contributed by atoms with Gasteiger partial charge in [0.2, 0.25) is 10.0 Å². The van der Waals surface area contributed by atoms with E-state index in [9.17, 15) is 13.2 Å². The van der Waals surface area contributed by atoms with E-state index in [1.54, 1.807) is 13.8 Å². The molecule has 0 fully saturated rings. The van der Waals surface area contributed by atoms with E-state index in [-0.39, 0.29) is 33.7 Å². The number of hydrogen-bond donors (Lipinski definition) is 1. The van der Waals surface area contributed by atoms with Crippen LogP contribution in [0.3, 0.4) is 0 Å². The highest BCUT2D eigenvalue weighted by Gasteiger charge is 2.20. The minimum Gasteiger partial charge on any atom is -0.298 e. The first-order valence-electron chi connectivity index (χ1n) is 5.50. The lowest BCUT2D eigenvalue weighted by Crippen LogP contribution is -2.31. The van der Waals surface area contributed by atoms with E-state index in [1.165, 1.54) is 18.2 Å². The number of nitriles is 1. The zero-order chi connectivity index (χ0) is 14.6. The standard InChI is InChI=1S/C12H13ClN2O3S/c1-8(2)11(16)7-15-19(17,18)12-5-9(6-14)3-4-10(12)13/h3-5,8,15H,7H2,1-2H3. The predicted octanol–water partition coefficient (Wildman–Crippen LogP) is 1.72. The fraction of sp³-hybridized carbons (Fsp3) is 0.333. The molecule has 0 atom stereocenters. The van der Waals surface area contributed by atoms with Crippen LogP contribution in [-0.4, -0.2) is 20.7 Å². The molecule has 0 aromatic heterocycles. The number of benzene rings is 1. The molecule has 19 heavy (non-hydrogen) atoms. The number of ketones is 1. The average molecular weight is 301 g/mol. The van der Waals surface area contributed by atoms with Crippen LogP contribution in [0, 0.1) is 17.2 Å². The third kappa shape index (κ3) is 4.03. The SMILES string of the molecule is CC(C)C(=O)CNS(=O)(=O)c1cc(C#N)ccc1Cl. The molecule has 0 spiro atoms. The maximum atomic E-state index is 12.0. The van der Waals surface area contributed by atoms with Crippen molar-refractivity contribution < 1.29 is 13.2 Å². The van der Waals surface area contributed by atoms with Gasteiger partial charge in [0.15, 0.2) is 0 Å². The van der Waals surface area contributed by atoms with Crippen molar-refractivity contribution in [2.75, 3.05) is 6.54 Å². The molecule has 0 unspecified atom stereocenters. The van der Waals surface area contributed by atoms with Crippen molar-refractivity contribution in [1.82, 2.24) is 4.72 Å². The lowest BCUT2D eigenvalue weighted by Gasteiger charge is -2.09. The summed E-state index contributed by atoms with van der Waals surface area (Å²) in [5.41, 5.74) is 0.181. The summed E-state index contributed by atoms with van der Waals surface area (Å²) in [4.78, 5) is 11.2. The lowest BCUT2D eigenvalue weighted by atomic mass is 10.1. The van der Waals surface area contributed by atoms with Crippen LogP contribution in [0.2, 0.25) is 5.02 Å². The van der Waals surface area contributed by atoms with Crippen LogP contribution in [0.25, 0.3) is 0 Å². The van der Waals surface area contributed by atoms with Gasteiger partial charge in [0.05, 0.1) is 23.2 Å². The van der Waals surface area contributed by atoms with E-state index in [0.717, 1.165) is 0 Å². The molecule has 7 heteroatoms. The van der Waals surface area contributed by atoms with E-state index in [4.69, 9.17) is 16.9 Å². The number of nitrogens with one attached hydrogen (secondary N) is 1. The fourth-order valence-corrected chi connectivity index (χ4v) is 2.74. The van der Waals surface area contributed by atoms with Crippen LogP contribution in [0.1, 0.15) is 19.4 Å². The molecule has 1 rings (SSSR count). The summed E-state index contributed by atoms with van der Waals surface area (Å²) in [5, 5.41) is 8.75. The Labute approximate surface area is 117 Å². The van der Waals surface area contributed by atoms with Gasteiger partial charge < -0.3 is 0 Å². The third-order valence-electron chi connectivity index (χ3n) is 2.43. The zero-order valence-corrected chi connectivity index (χ0v) is 12.0. The molecule has 0 saturated carbocycles. The summed E-state index contributed by atoms with van der Waals surface area (Å²) >= 11 is 5.80. The molecule has 0 aliphatic carbocycles. The van der Waals surface area contributed by atoms with E-state index in [1.807, 2.05) is 6.07 Å². The summed E-state index contributed by atoms with van der Waals surface area (Å²) in [6, 6.07) is 5.75. The van der Waals surface area contributed by atoms with Gasteiger partial charge in [0.1, 0.15) is 10.7 Å². The molecule has 0 saturated heterocycles. The number of Topliss-reactive ketones (excluding diaryl/α,β-unsaturated/α-hetero) is 1. The first-order valence-corrected chi connectivity index (χ1v) is 7.36. The van der Waals surface area contributed by atoms with Crippen molar-refractivity contribution in [2.45, 2.75) is 18.7 Å². The van der Waals surface area contributed by atoms with E-state index >= 15 is 0 Å². The molecule has 0 bridgehead atoms. The van der Waals surface area contributed by atoms with E-state index in [2.05, 4.69) is 4.72 Å². The van der Waals surface area contributed by atoms with Gasteiger partial charge in [-0.2, -0.15) is 5.26 Å². The van der Waals surface area contributed by atoms with Gasteiger partial charge in [-0.05, 0) is 18.2 Å². The molecule has 5 nitrogen and oxygen atoms in total. The number of nitrogens with zero attached hydrogens (tertiary/aromatic N) is 1. The molecule has 1 aromatic carbocycles. The second-order valence-electron chi connectivity index (χ2n) is 4.20. The van der Waals surface area contributed by atoms with Crippen molar-refractivity contribution in [3.63, 3.8) is 0 Å². The molecular formula is C12H13ClN2O3S. The first kappa shape index (κ1) is 15.6. The molecular weight excluding hydrogens is 288 g/mol. The molecule has 1 aromatic rings. The first-order chi connectivity index (χ1) is 8.77. The monoisotopic (exact) mass is 300 g/mol. The van der Waals surface area contributed by atoms with Crippen molar-refractivity contribution in [1.29, 1.82) is 5.26 Å². The quantitative estimate of drug-likeness (QED) is 0.897. The third-order valence-corrected chi connectivity index (χ3v) is 4.31. The summed E-state index contributed by atoms with van der Waals surface area (Å²) in [6.45, 7) is 3.06. The Hall–Kier alpha value is -1.42. The number of sulfonamides is 1. The van der Waals surface area contributed by atoms with Crippen molar-refractivity contribution in [3.05, 3.63) is 28.8 Å². The Morgan fingerprint density at radius 2 is 2.11 bits per heavy atom. The van der Waals surface area contributed by atoms with Gasteiger partial charge >= 0.3 is 0 Å².